The molecule has 0 saturated carbocycles. The molecule has 3 rings (SSSR count). The molecule has 0 aliphatic carbocycles. The molecule has 3 N–H and O–H groups in total. The van der Waals surface area contributed by atoms with Crippen LogP contribution < -0.4 is 15.2 Å². The highest BCUT2D eigenvalue weighted by Crippen LogP contribution is 2.20. The third-order valence-electron chi connectivity index (χ3n) is 3.49. The summed E-state index contributed by atoms with van der Waals surface area (Å²) in [5.74, 6) is 2.01. The largest absolute Gasteiger partial charge is 0.497 e. The van der Waals surface area contributed by atoms with Crippen molar-refractivity contribution in [3.8, 4) is 11.5 Å². The van der Waals surface area contributed by atoms with E-state index in [0.717, 1.165) is 11.3 Å². The fourth-order valence-electron chi connectivity index (χ4n) is 2.16. The zero-order chi connectivity index (χ0) is 16.9. The Hall–Kier alpha value is -2.93. The van der Waals surface area contributed by atoms with Crippen LogP contribution in [-0.4, -0.2) is 22.3 Å². The highest BCUT2D eigenvalue weighted by molar-refractivity contribution is 5.31. The number of ether oxygens (including phenoxy) is 2. The molecule has 1 aromatic heterocycles. The van der Waals surface area contributed by atoms with E-state index in [4.69, 9.17) is 15.2 Å². The van der Waals surface area contributed by atoms with Gasteiger partial charge in [-0.05, 0) is 42.0 Å². The van der Waals surface area contributed by atoms with Crippen LogP contribution in [0.5, 0.6) is 11.5 Å². The maximum absolute atomic E-state index is 12.8. The molecule has 0 aliphatic rings. The van der Waals surface area contributed by atoms with Crippen molar-refractivity contribution in [2.45, 2.75) is 12.6 Å². The van der Waals surface area contributed by atoms with E-state index in [9.17, 15) is 4.39 Å². The number of aromatic amines is 1. The molecule has 2 aromatic carbocycles. The lowest BCUT2D eigenvalue weighted by Gasteiger charge is -2.08. The number of nitrogens with one attached hydrogen (secondary N) is 1. The van der Waals surface area contributed by atoms with Gasteiger partial charge in [0.05, 0.1) is 13.2 Å². The van der Waals surface area contributed by atoms with Crippen LogP contribution in [0, 0.1) is 5.82 Å². The van der Waals surface area contributed by atoms with Crippen molar-refractivity contribution in [3.05, 3.63) is 71.6 Å². The summed E-state index contributed by atoms with van der Waals surface area (Å²) in [5.41, 5.74) is 7.05. The Morgan fingerprint density at radius 2 is 1.75 bits per heavy atom. The number of methoxy groups -OCH3 is 1. The average Bonchev–Trinajstić information content (AvgIpc) is 3.10. The highest BCUT2D eigenvalue weighted by atomic mass is 19.1. The quantitative estimate of drug-likeness (QED) is 0.726. The Bertz CT molecular complexity index is 787. The van der Waals surface area contributed by atoms with Gasteiger partial charge in [0.25, 0.3) is 0 Å². The van der Waals surface area contributed by atoms with Crippen molar-refractivity contribution in [2.24, 2.45) is 5.73 Å². The Kier molecular flexibility index (Phi) is 4.72. The van der Waals surface area contributed by atoms with Crippen LogP contribution in [0.2, 0.25) is 0 Å². The molecule has 6 nitrogen and oxygen atoms in total. The molecule has 124 valence electrons. The van der Waals surface area contributed by atoms with Crippen LogP contribution in [0.4, 0.5) is 4.39 Å². The van der Waals surface area contributed by atoms with Gasteiger partial charge < -0.3 is 15.2 Å². The number of hydrogen-bond acceptors (Lipinski definition) is 5. The lowest BCUT2D eigenvalue weighted by molar-refractivity contribution is 0.296. The number of aromatic nitrogens is 3. The summed E-state index contributed by atoms with van der Waals surface area (Å²) in [5, 5.41) is 6.92. The first-order valence-electron chi connectivity index (χ1n) is 7.35. The number of nitrogens with two attached hydrogens (primary N) is 1. The Morgan fingerprint density at radius 1 is 1.08 bits per heavy atom. The van der Waals surface area contributed by atoms with Crippen LogP contribution in [0.25, 0.3) is 0 Å². The van der Waals surface area contributed by atoms with Gasteiger partial charge in [-0.1, -0.05) is 12.1 Å². The Balaban J connectivity index is 1.64. The first-order chi connectivity index (χ1) is 11.7. The second kappa shape index (κ2) is 7.10. The van der Waals surface area contributed by atoms with Crippen molar-refractivity contribution in [1.29, 1.82) is 0 Å². The second-order valence-corrected chi connectivity index (χ2v) is 5.13. The standard InChI is InChI=1S/C17H17FN4O2/c1-23-13-6-2-11(3-7-13)16(19)17-20-15(21-22-17)10-24-14-8-4-12(18)5-9-14/h2-9,16H,10,19H2,1H3,(H,20,21,22)/t16-/m1/s1. The fraction of sp³-hybridized carbons (Fsp3) is 0.176. The molecule has 0 amide bonds. The summed E-state index contributed by atoms with van der Waals surface area (Å²) in [6.45, 7) is 0.188. The minimum atomic E-state index is -0.452. The maximum Gasteiger partial charge on any atom is 0.172 e. The van der Waals surface area contributed by atoms with Gasteiger partial charge in [0.1, 0.15) is 23.9 Å². The third kappa shape index (κ3) is 3.69. The molecule has 0 bridgehead atoms. The molecule has 3 aromatic rings. The van der Waals surface area contributed by atoms with Gasteiger partial charge in [0, 0.05) is 0 Å². The van der Waals surface area contributed by atoms with Crippen molar-refractivity contribution >= 4 is 0 Å². The van der Waals surface area contributed by atoms with Crippen molar-refractivity contribution in [3.63, 3.8) is 0 Å². The number of benzene rings is 2. The number of halogens is 1. The maximum atomic E-state index is 12.8. The zero-order valence-electron chi connectivity index (χ0n) is 13.1. The molecule has 7 heteroatoms. The predicted octanol–water partition coefficient (Wildman–Crippen LogP) is 2.58. The van der Waals surface area contributed by atoms with E-state index in [-0.39, 0.29) is 12.4 Å². The first-order valence-corrected chi connectivity index (χ1v) is 7.35. The Labute approximate surface area is 138 Å². The minimum Gasteiger partial charge on any atom is -0.497 e. The van der Waals surface area contributed by atoms with Gasteiger partial charge in [-0.25, -0.2) is 9.37 Å². The zero-order valence-corrected chi connectivity index (χ0v) is 13.1. The van der Waals surface area contributed by atoms with Gasteiger partial charge in [0.2, 0.25) is 0 Å². The van der Waals surface area contributed by atoms with Crippen LogP contribution in [0.15, 0.2) is 48.5 Å². The van der Waals surface area contributed by atoms with E-state index in [1.807, 2.05) is 24.3 Å². The molecule has 0 spiro atoms. The number of nitrogens with zero attached hydrogens (tertiary/aromatic N) is 2. The topological polar surface area (TPSA) is 86.0 Å². The second-order valence-electron chi connectivity index (χ2n) is 5.13. The molecule has 0 unspecified atom stereocenters. The molecular formula is C17H17FN4O2. The number of rotatable bonds is 6. The van der Waals surface area contributed by atoms with Crippen molar-refractivity contribution in [2.75, 3.05) is 7.11 Å². The average molecular weight is 328 g/mol. The van der Waals surface area contributed by atoms with Crippen LogP contribution in [0.1, 0.15) is 23.3 Å². The van der Waals surface area contributed by atoms with Gasteiger partial charge in [0.15, 0.2) is 11.6 Å². The summed E-state index contributed by atoms with van der Waals surface area (Å²) in [7, 11) is 1.61. The molecular weight excluding hydrogens is 311 g/mol. The van der Waals surface area contributed by atoms with E-state index in [0.29, 0.717) is 17.4 Å². The van der Waals surface area contributed by atoms with E-state index in [1.54, 1.807) is 19.2 Å². The van der Waals surface area contributed by atoms with E-state index in [1.165, 1.54) is 12.1 Å². The summed E-state index contributed by atoms with van der Waals surface area (Å²) >= 11 is 0. The lowest BCUT2D eigenvalue weighted by Crippen LogP contribution is -2.13. The predicted molar refractivity (Wildman–Crippen MR) is 86.1 cm³/mol. The Morgan fingerprint density at radius 3 is 2.42 bits per heavy atom. The first kappa shape index (κ1) is 15.9. The number of H-pyrrole nitrogens is 1. The van der Waals surface area contributed by atoms with E-state index >= 15 is 0 Å². The molecule has 0 fully saturated rings. The van der Waals surface area contributed by atoms with Crippen LogP contribution in [0.3, 0.4) is 0 Å². The fourth-order valence-corrected chi connectivity index (χ4v) is 2.16. The van der Waals surface area contributed by atoms with E-state index in [2.05, 4.69) is 15.2 Å². The molecule has 0 saturated heterocycles. The summed E-state index contributed by atoms with van der Waals surface area (Å²) in [4.78, 5) is 4.34. The molecule has 0 radical (unpaired) electrons. The summed E-state index contributed by atoms with van der Waals surface area (Å²) in [6, 6.07) is 12.7. The van der Waals surface area contributed by atoms with Gasteiger partial charge in [-0.3, -0.25) is 5.10 Å². The van der Waals surface area contributed by atoms with Crippen molar-refractivity contribution in [1.82, 2.24) is 15.2 Å². The SMILES string of the molecule is COc1ccc([C@@H](N)c2n[nH]c(COc3ccc(F)cc3)n2)cc1. The van der Waals surface area contributed by atoms with Crippen LogP contribution >= 0.6 is 0 Å². The third-order valence-corrected chi connectivity index (χ3v) is 3.49. The number of hydrogen-bond donors (Lipinski definition) is 2. The van der Waals surface area contributed by atoms with Crippen LogP contribution in [-0.2, 0) is 6.61 Å². The van der Waals surface area contributed by atoms with Gasteiger partial charge in [-0.2, -0.15) is 5.10 Å². The minimum absolute atomic E-state index is 0.188. The summed E-state index contributed by atoms with van der Waals surface area (Å²) < 4.78 is 23.5. The molecule has 1 heterocycles. The smallest absolute Gasteiger partial charge is 0.172 e. The monoisotopic (exact) mass is 328 g/mol. The van der Waals surface area contributed by atoms with E-state index < -0.39 is 6.04 Å². The molecule has 0 aliphatic heterocycles. The summed E-state index contributed by atoms with van der Waals surface area (Å²) in [6.07, 6.45) is 0. The lowest BCUT2D eigenvalue weighted by atomic mass is 10.1. The normalized spacial score (nSPS) is 12.0. The highest BCUT2D eigenvalue weighted by Gasteiger charge is 2.15. The van der Waals surface area contributed by atoms with Crippen molar-refractivity contribution < 1.29 is 13.9 Å². The molecule has 1 atom stereocenters. The van der Waals surface area contributed by atoms with Gasteiger partial charge in [-0.15, -0.1) is 0 Å². The van der Waals surface area contributed by atoms with Gasteiger partial charge >= 0.3 is 0 Å². The molecule has 24 heavy (non-hydrogen) atoms.